The van der Waals surface area contributed by atoms with Crippen LogP contribution in [0.4, 0.5) is 0 Å². The second-order valence-electron chi connectivity index (χ2n) is 7.43. The van der Waals surface area contributed by atoms with Gasteiger partial charge in [0.25, 0.3) is 11.8 Å². The third kappa shape index (κ3) is 6.81. The van der Waals surface area contributed by atoms with Gasteiger partial charge in [-0.2, -0.15) is 0 Å². The monoisotopic (exact) mass is 388 g/mol. The summed E-state index contributed by atoms with van der Waals surface area (Å²) in [6.45, 7) is 3.98. The molecule has 0 aromatic heterocycles. The third-order valence-corrected chi connectivity index (χ3v) is 4.59. The average molecular weight is 388 g/mol. The van der Waals surface area contributed by atoms with Crippen molar-refractivity contribution >= 4 is 23.9 Å². The minimum Gasteiger partial charge on any atom is -0.461 e. The standard InChI is InChI=1S/C21H28N2O5/c1-14(2)13-18(21(26)28-17-5-3-4-6-17)22-20(25)16-10-7-15(8-11-16)9-12-19(24)23-27/h7-12,14,17-18,27H,3-6,13H2,1-2H3,(H,22,25)(H,23,24)/t18-/m0/s1. The summed E-state index contributed by atoms with van der Waals surface area (Å²) in [4.78, 5) is 36.1. The summed E-state index contributed by atoms with van der Waals surface area (Å²) in [5.41, 5.74) is 2.61. The van der Waals surface area contributed by atoms with Crippen molar-refractivity contribution in [3.8, 4) is 0 Å². The molecule has 2 amide bonds. The second-order valence-corrected chi connectivity index (χ2v) is 7.43. The fraction of sp³-hybridized carbons (Fsp3) is 0.476. The third-order valence-electron chi connectivity index (χ3n) is 4.59. The lowest BCUT2D eigenvalue weighted by atomic mass is 10.0. The van der Waals surface area contributed by atoms with Crippen LogP contribution in [0.3, 0.4) is 0 Å². The molecule has 0 radical (unpaired) electrons. The van der Waals surface area contributed by atoms with Gasteiger partial charge in [0.1, 0.15) is 12.1 Å². The molecular weight excluding hydrogens is 360 g/mol. The van der Waals surface area contributed by atoms with Gasteiger partial charge >= 0.3 is 5.97 Å². The molecule has 1 aromatic rings. The predicted molar refractivity (Wildman–Crippen MR) is 104 cm³/mol. The lowest BCUT2D eigenvalue weighted by Gasteiger charge is -2.21. The molecule has 7 nitrogen and oxygen atoms in total. The topological polar surface area (TPSA) is 105 Å². The average Bonchev–Trinajstić information content (AvgIpc) is 3.18. The normalized spacial score (nSPS) is 15.6. The fourth-order valence-electron chi connectivity index (χ4n) is 3.13. The number of ether oxygens (including phenoxy) is 1. The molecule has 2 rings (SSSR count). The number of nitrogens with one attached hydrogen (secondary N) is 2. The van der Waals surface area contributed by atoms with E-state index >= 15 is 0 Å². The Hall–Kier alpha value is -2.67. The summed E-state index contributed by atoms with van der Waals surface area (Å²) >= 11 is 0. The summed E-state index contributed by atoms with van der Waals surface area (Å²) in [6, 6.07) is 5.89. The van der Waals surface area contributed by atoms with Crippen molar-refractivity contribution < 1.29 is 24.3 Å². The molecule has 3 N–H and O–H groups in total. The first kappa shape index (κ1) is 21.6. The Morgan fingerprint density at radius 2 is 1.82 bits per heavy atom. The van der Waals surface area contributed by atoms with Crippen LogP contribution in [0.5, 0.6) is 0 Å². The van der Waals surface area contributed by atoms with E-state index in [1.807, 2.05) is 13.8 Å². The molecule has 0 heterocycles. The highest BCUT2D eigenvalue weighted by molar-refractivity contribution is 5.97. The maximum Gasteiger partial charge on any atom is 0.328 e. The number of hydroxylamine groups is 1. The van der Waals surface area contributed by atoms with Crippen LogP contribution in [-0.4, -0.2) is 35.1 Å². The molecule has 1 aliphatic carbocycles. The van der Waals surface area contributed by atoms with Gasteiger partial charge in [0.2, 0.25) is 0 Å². The van der Waals surface area contributed by atoms with Crippen LogP contribution in [-0.2, 0) is 14.3 Å². The number of carbonyl (C=O) groups is 3. The first-order valence-corrected chi connectivity index (χ1v) is 9.62. The van der Waals surface area contributed by atoms with Gasteiger partial charge in [0.15, 0.2) is 0 Å². The molecule has 0 saturated heterocycles. The molecule has 1 aliphatic rings. The minimum atomic E-state index is -0.680. The van der Waals surface area contributed by atoms with Crippen LogP contribution in [0, 0.1) is 5.92 Å². The van der Waals surface area contributed by atoms with E-state index in [2.05, 4.69) is 5.32 Å². The van der Waals surface area contributed by atoms with E-state index in [9.17, 15) is 14.4 Å². The highest BCUT2D eigenvalue weighted by Crippen LogP contribution is 2.22. The van der Waals surface area contributed by atoms with Gasteiger partial charge in [0.05, 0.1) is 0 Å². The van der Waals surface area contributed by atoms with Crippen LogP contribution < -0.4 is 10.8 Å². The Morgan fingerprint density at radius 1 is 1.18 bits per heavy atom. The van der Waals surface area contributed by atoms with Gasteiger partial charge in [0, 0.05) is 11.6 Å². The molecule has 7 heteroatoms. The SMILES string of the molecule is CC(C)C[C@H](NC(=O)c1ccc(C=CC(=O)NO)cc1)C(=O)OC1CCCC1. The summed E-state index contributed by atoms with van der Waals surface area (Å²) in [5.74, 6) is -1.13. The Labute approximate surface area is 165 Å². The summed E-state index contributed by atoms with van der Waals surface area (Å²) < 4.78 is 5.57. The van der Waals surface area contributed by atoms with Crippen molar-refractivity contribution in [3.05, 3.63) is 41.5 Å². The van der Waals surface area contributed by atoms with Crippen molar-refractivity contribution in [1.29, 1.82) is 0 Å². The molecule has 1 saturated carbocycles. The Bertz CT molecular complexity index is 706. The minimum absolute atomic E-state index is 0.0405. The van der Waals surface area contributed by atoms with E-state index in [0.717, 1.165) is 25.7 Å². The van der Waals surface area contributed by atoms with Crippen molar-refractivity contribution in [2.24, 2.45) is 5.92 Å². The molecular formula is C21H28N2O5. The van der Waals surface area contributed by atoms with E-state index in [1.54, 1.807) is 24.3 Å². The van der Waals surface area contributed by atoms with Gasteiger partial charge in [-0.1, -0.05) is 26.0 Å². The number of benzene rings is 1. The van der Waals surface area contributed by atoms with Crippen LogP contribution in [0.1, 0.15) is 61.9 Å². The molecule has 1 aromatic carbocycles. The van der Waals surface area contributed by atoms with Gasteiger partial charge in [-0.3, -0.25) is 14.8 Å². The van der Waals surface area contributed by atoms with Crippen molar-refractivity contribution in [2.45, 2.75) is 58.1 Å². The number of hydrogen-bond donors (Lipinski definition) is 3. The van der Waals surface area contributed by atoms with Crippen molar-refractivity contribution in [2.75, 3.05) is 0 Å². The second kappa shape index (κ2) is 10.6. The van der Waals surface area contributed by atoms with Crippen LogP contribution in [0.25, 0.3) is 6.08 Å². The molecule has 1 atom stereocenters. The molecule has 28 heavy (non-hydrogen) atoms. The molecule has 0 bridgehead atoms. The van der Waals surface area contributed by atoms with Crippen molar-refractivity contribution in [3.63, 3.8) is 0 Å². The number of rotatable bonds is 8. The molecule has 0 aliphatic heterocycles. The number of hydrogen-bond acceptors (Lipinski definition) is 5. The van der Waals surface area contributed by atoms with Gasteiger partial charge < -0.3 is 10.1 Å². The fourth-order valence-corrected chi connectivity index (χ4v) is 3.13. The summed E-state index contributed by atoms with van der Waals surface area (Å²) in [7, 11) is 0. The van der Waals surface area contributed by atoms with Crippen LogP contribution in [0.15, 0.2) is 30.3 Å². The first-order valence-electron chi connectivity index (χ1n) is 9.62. The van der Waals surface area contributed by atoms with Gasteiger partial charge in [-0.25, -0.2) is 10.3 Å². The molecule has 152 valence electrons. The predicted octanol–water partition coefficient (Wildman–Crippen LogP) is 2.84. The van der Waals surface area contributed by atoms with Gasteiger partial charge in [-0.05, 0) is 61.8 Å². The molecule has 1 fully saturated rings. The smallest absolute Gasteiger partial charge is 0.328 e. The van der Waals surface area contributed by atoms with E-state index < -0.39 is 11.9 Å². The quantitative estimate of drug-likeness (QED) is 0.275. The van der Waals surface area contributed by atoms with Crippen molar-refractivity contribution in [1.82, 2.24) is 10.8 Å². The maximum atomic E-state index is 12.6. The van der Waals surface area contributed by atoms with Crippen LogP contribution in [0.2, 0.25) is 0 Å². The highest BCUT2D eigenvalue weighted by Gasteiger charge is 2.27. The highest BCUT2D eigenvalue weighted by atomic mass is 16.5. The zero-order valence-corrected chi connectivity index (χ0v) is 16.3. The zero-order valence-electron chi connectivity index (χ0n) is 16.3. The lowest BCUT2D eigenvalue weighted by Crippen LogP contribution is -2.43. The Morgan fingerprint density at radius 3 is 2.39 bits per heavy atom. The molecule has 0 spiro atoms. The van der Waals surface area contributed by atoms with E-state index in [1.165, 1.54) is 17.6 Å². The van der Waals surface area contributed by atoms with E-state index in [0.29, 0.717) is 17.5 Å². The van der Waals surface area contributed by atoms with E-state index in [4.69, 9.17) is 9.94 Å². The number of esters is 1. The Balaban J connectivity index is 2.00. The molecule has 0 unspecified atom stereocenters. The maximum absolute atomic E-state index is 12.6. The zero-order chi connectivity index (χ0) is 20.5. The summed E-state index contributed by atoms with van der Waals surface area (Å²) in [6.07, 6.45) is 7.06. The summed E-state index contributed by atoms with van der Waals surface area (Å²) in [5, 5.41) is 11.3. The first-order chi connectivity index (χ1) is 13.4. The van der Waals surface area contributed by atoms with Gasteiger partial charge in [-0.15, -0.1) is 0 Å². The number of amides is 2. The lowest BCUT2D eigenvalue weighted by molar-refractivity contribution is -0.151. The Kier molecular flexibility index (Phi) is 8.19. The number of carbonyl (C=O) groups excluding carboxylic acids is 3. The largest absolute Gasteiger partial charge is 0.461 e. The van der Waals surface area contributed by atoms with Crippen LogP contribution >= 0.6 is 0 Å². The van der Waals surface area contributed by atoms with E-state index in [-0.39, 0.29) is 23.9 Å².